The van der Waals surface area contributed by atoms with Crippen LogP contribution in [0, 0.1) is 0 Å². The SMILES string of the molecule is COc1cc2c(O)c3ccccc3cc2c2ccccc12. The quantitative estimate of drug-likeness (QED) is 0.397. The molecule has 0 bridgehead atoms. The first kappa shape index (κ1) is 12.0. The predicted octanol–water partition coefficient (Wildman–Crippen LogP) is 4.86. The van der Waals surface area contributed by atoms with Crippen molar-refractivity contribution in [2.24, 2.45) is 0 Å². The van der Waals surface area contributed by atoms with E-state index < -0.39 is 0 Å². The largest absolute Gasteiger partial charge is 0.507 e. The number of aromatic hydroxyl groups is 1. The molecule has 0 saturated carbocycles. The lowest BCUT2D eigenvalue weighted by atomic mass is 9.96. The van der Waals surface area contributed by atoms with Gasteiger partial charge in [0.1, 0.15) is 11.5 Å². The normalized spacial score (nSPS) is 11.3. The zero-order chi connectivity index (χ0) is 14.4. The van der Waals surface area contributed by atoms with Crippen LogP contribution in [0.1, 0.15) is 0 Å². The molecule has 102 valence electrons. The summed E-state index contributed by atoms with van der Waals surface area (Å²) in [6.45, 7) is 0. The predicted molar refractivity (Wildman–Crippen MR) is 87.2 cm³/mol. The van der Waals surface area contributed by atoms with E-state index in [1.54, 1.807) is 7.11 Å². The minimum atomic E-state index is 0.312. The third-order valence-electron chi connectivity index (χ3n) is 4.04. The third-order valence-corrected chi connectivity index (χ3v) is 4.04. The summed E-state index contributed by atoms with van der Waals surface area (Å²) in [4.78, 5) is 0. The van der Waals surface area contributed by atoms with Crippen LogP contribution < -0.4 is 4.74 Å². The number of ether oxygens (including phenoxy) is 1. The van der Waals surface area contributed by atoms with Crippen LogP contribution in [0.25, 0.3) is 32.3 Å². The highest BCUT2D eigenvalue weighted by atomic mass is 16.5. The molecule has 21 heavy (non-hydrogen) atoms. The monoisotopic (exact) mass is 274 g/mol. The first-order chi connectivity index (χ1) is 10.3. The van der Waals surface area contributed by atoms with Gasteiger partial charge in [-0.2, -0.15) is 0 Å². The Morgan fingerprint density at radius 3 is 2.14 bits per heavy atom. The zero-order valence-electron chi connectivity index (χ0n) is 11.6. The number of phenolic OH excluding ortho intramolecular Hbond substituents is 1. The fourth-order valence-electron chi connectivity index (χ4n) is 3.02. The van der Waals surface area contributed by atoms with Crippen molar-refractivity contribution in [2.45, 2.75) is 0 Å². The van der Waals surface area contributed by atoms with Gasteiger partial charge in [0.2, 0.25) is 0 Å². The fraction of sp³-hybridized carbons (Fsp3) is 0.0526. The van der Waals surface area contributed by atoms with Crippen molar-refractivity contribution in [3.05, 3.63) is 60.7 Å². The molecule has 1 N–H and O–H groups in total. The van der Waals surface area contributed by atoms with Crippen LogP contribution >= 0.6 is 0 Å². The maximum Gasteiger partial charge on any atom is 0.131 e. The number of rotatable bonds is 1. The summed E-state index contributed by atoms with van der Waals surface area (Å²) in [6.07, 6.45) is 0. The van der Waals surface area contributed by atoms with Gasteiger partial charge >= 0.3 is 0 Å². The lowest BCUT2D eigenvalue weighted by Crippen LogP contribution is -1.87. The summed E-state index contributed by atoms with van der Waals surface area (Å²) in [5.74, 6) is 1.09. The van der Waals surface area contributed by atoms with Gasteiger partial charge in [-0.1, -0.05) is 48.5 Å². The number of methoxy groups -OCH3 is 1. The molecule has 0 fully saturated rings. The molecular formula is C19H14O2. The second kappa shape index (κ2) is 4.38. The van der Waals surface area contributed by atoms with Crippen molar-refractivity contribution in [1.29, 1.82) is 0 Å². The molecule has 0 aliphatic carbocycles. The Labute approximate surface area is 122 Å². The van der Waals surface area contributed by atoms with Gasteiger partial charge in [-0.3, -0.25) is 0 Å². The third kappa shape index (κ3) is 1.66. The highest BCUT2D eigenvalue weighted by Gasteiger charge is 2.12. The highest BCUT2D eigenvalue weighted by Crippen LogP contribution is 2.40. The molecule has 0 aromatic heterocycles. The molecule has 0 amide bonds. The van der Waals surface area contributed by atoms with E-state index in [-0.39, 0.29) is 0 Å². The van der Waals surface area contributed by atoms with Crippen LogP contribution in [-0.4, -0.2) is 12.2 Å². The molecule has 0 aliphatic rings. The maximum absolute atomic E-state index is 10.6. The molecular weight excluding hydrogens is 260 g/mol. The van der Waals surface area contributed by atoms with Crippen LogP contribution in [0.5, 0.6) is 11.5 Å². The standard InChI is InChI=1S/C19H14O2/c1-21-18-11-17-16(14-8-4-5-9-15(14)18)10-12-6-2-3-7-13(12)19(17)20/h2-11,20H,1H3. The van der Waals surface area contributed by atoms with Gasteiger partial charge < -0.3 is 9.84 Å². The van der Waals surface area contributed by atoms with Crippen molar-refractivity contribution < 1.29 is 9.84 Å². The maximum atomic E-state index is 10.6. The number of phenols is 1. The van der Waals surface area contributed by atoms with Crippen LogP contribution in [0.4, 0.5) is 0 Å². The van der Waals surface area contributed by atoms with Crippen molar-refractivity contribution in [3.8, 4) is 11.5 Å². The van der Waals surface area contributed by atoms with E-state index in [0.29, 0.717) is 5.75 Å². The Morgan fingerprint density at radius 2 is 1.38 bits per heavy atom. The summed E-state index contributed by atoms with van der Waals surface area (Å²) in [7, 11) is 1.66. The van der Waals surface area contributed by atoms with Crippen molar-refractivity contribution in [1.82, 2.24) is 0 Å². The molecule has 4 rings (SSSR count). The van der Waals surface area contributed by atoms with E-state index in [2.05, 4.69) is 12.1 Å². The summed E-state index contributed by atoms with van der Waals surface area (Å²) in [5.41, 5.74) is 0. The lowest BCUT2D eigenvalue weighted by molar-refractivity contribution is 0.420. The van der Waals surface area contributed by atoms with Crippen molar-refractivity contribution >= 4 is 32.3 Å². The Bertz CT molecular complexity index is 987. The molecule has 0 unspecified atom stereocenters. The van der Waals surface area contributed by atoms with E-state index in [1.165, 1.54) is 0 Å². The van der Waals surface area contributed by atoms with E-state index in [4.69, 9.17) is 4.74 Å². The topological polar surface area (TPSA) is 29.5 Å². The summed E-state index contributed by atoms with van der Waals surface area (Å²) < 4.78 is 5.49. The minimum absolute atomic E-state index is 0.312. The average molecular weight is 274 g/mol. The van der Waals surface area contributed by atoms with Crippen LogP contribution in [-0.2, 0) is 0 Å². The van der Waals surface area contributed by atoms with Gasteiger partial charge in [-0.25, -0.2) is 0 Å². The fourth-order valence-corrected chi connectivity index (χ4v) is 3.02. The Kier molecular flexibility index (Phi) is 2.51. The van der Waals surface area contributed by atoms with Crippen LogP contribution in [0.2, 0.25) is 0 Å². The van der Waals surface area contributed by atoms with E-state index in [9.17, 15) is 5.11 Å². The number of hydrogen-bond donors (Lipinski definition) is 1. The highest BCUT2D eigenvalue weighted by molar-refractivity contribution is 6.17. The molecule has 0 heterocycles. The van der Waals surface area contributed by atoms with Gasteiger partial charge in [-0.15, -0.1) is 0 Å². The second-order valence-corrected chi connectivity index (χ2v) is 5.17. The Hall–Kier alpha value is -2.74. The number of hydrogen-bond acceptors (Lipinski definition) is 2. The minimum Gasteiger partial charge on any atom is -0.507 e. The smallest absolute Gasteiger partial charge is 0.131 e. The molecule has 0 aliphatic heterocycles. The van der Waals surface area contributed by atoms with Gasteiger partial charge in [0.05, 0.1) is 7.11 Å². The summed E-state index contributed by atoms with van der Waals surface area (Å²) in [6, 6.07) is 20.0. The zero-order valence-corrected chi connectivity index (χ0v) is 11.6. The molecule has 4 aromatic rings. The van der Waals surface area contributed by atoms with Crippen LogP contribution in [0.3, 0.4) is 0 Å². The Morgan fingerprint density at radius 1 is 0.714 bits per heavy atom. The van der Waals surface area contributed by atoms with Gasteiger partial charge in [0, 0.05) is 16.2 Å². The van der Waals surface area contributed by atoms with Crippen molar-refractivity contribution in [3.63, 3.8) is 0 Å². The molecule has 2 heteroatoms. The molecule has 0 atom stereocenters. The van der Waals surface area contributed by atoms with Crippen LogP contribution in [0.15, 0.2) is 60.7 Å². The van der Waals surface area contributed by atoms with Gasteiger partial charge in [0.15, 0.2) is 0 Å². The lowest BCUT2D eigenvalue weighted by Gasteiger charge is -2.12. The molecule has 0 radical (unpaired) electrons. The van der Waals surface area contributed by atoms with Gasteiger partial charge in [0.25, 0.3) is 0 Å². The molecule has 0 spiro atoms. The average Bonchev–Trinajstić information content (AvgIpc) is 2.55. The molecule has 2 nitrogen and oxygen atoms in total. The van der Waals surface area contributed by atoms with Crippen molar-refractivity contribution in [2.75, 3.05) is 7.11 Å². The van der Waals surface area contributed by atoms with E-state index >= 15 is 0 Å². The molecule has 0 saturated heterocycles. The second-order valence-electron chi connectivity index (χ2n) is 5.17. The first-order valence-electron chi connectivity index (χ1n) is 6.90. The molecule has 4 aromatic carbocycles. The number of fused-ring (bicyclic) bond motifs is 4. The number of benzene rings is 4. The summed E-state index contributed by atoms with van der Waals surface area (Å²) in [5, 5.41) is 16.6. The summed E-state index contributed by atoms with van der Waals surface area (Å²) >= 11 is 0. The van der Waals surface area contributed by atoms with E-state index in [0.717, 1.165) is 38.1 Å². The van der Waals surface area contributed by atoms with E-state index in [1.807, 2.05) is 48.5 Å². The van der Waals surface area contributed by atoms with Gasteiger partial charge in [-0.05, 0) is 28.3 Å². The Balaban J connectivity index is 2.31. The first-order valence-corrected chi connectivity index (χ1v) is 6.90.